The van der Waals surface area contributed by atoms with Crippen LogP contribution < -0.4 is 16.6 Å². The number of ether oxygens (including phenoxy) is 1. The van der Waals surface area contributed by atoms with E-state index in [9.17, 15) is 19.2 Å². The van der Waals surface area contributed by atoms with Crippen molar-refractivity contribution in [2.75, 3.05) is 13.7 Å². The van der Waals surface area contributed by atoms with Crippen LogP contribution in [0.25, 0.3) is 10.9 Å². The van der Waals surface area contributed by atoms with E-state index < -0.39 is 17.2 Å². The summed E-state index contributed by atoms with van der Waals surface area (Å²) in [5.41, 5.74) is 0.809. The van der Waals surface area contributed by atoms with E-state index in [0.717, 1.165) is 17.4 Å². The first-order valence-corrected chi connectivity index (χ1v) is 10.7. The summed E-state index contributed by atoms with van der Waals surface area (Å²) in [5.74, 6) is -0.538. The Morgan fingerprint density at radius 1 is 1.03 bits per heavy atom. The molecular formula is C24H27N3O5. The van der Waals surface area contributed by atoms with Crippen LogP contribution in [0.4, 0.5) is 0 Å². The number of nitrogens with zero attached hydrogens (tertiary/aromatic N) is 1. The number of benzene rings is 2. The van der Waals surface area contributed by atoms with Crippen molar-refractivity contribution in [3.63, 3.8) is 0 Å². The number of nitrogens with one attached hydrogen (secondary N) is 2. The van der Waals surface area contributed by atoms with Crippen LogP contribution in [0.15, 0.2) is 58.1 Å². The number of carbonyl (C=O) groups is 2. The molecule has 3 aromatic rings. The summed E-state index contributed by atoms with van der Waals surface area (Å²) in [6.45, 7) is 0.862. The average molecular weight is 437 g/mol. The molecule has 8 nitrogen and oxygen atoms in total. The number of methoxy groups -OCH3 is 1. The van der Waals surface area contributed by atoms with Crippen LogP contribution in [0.3, 0.4) is 0 Å². The average Bonchev–Trinajstić information content (AvgIpc) is 2.80. The Bertz CT molecular complexity index is 1200. The first kappa shape index (κ1) is 23.0. The Morgan fingerprint density at radius 2 is 1.81 bits per heavy atom. The molecule has 1 aromatic heterocycles. The van der Waals surface area contributed by atoms with E-state index in [1.54, 1.807) is 0 Å². The molecule has 2 N–H and O–H groups in total. The van der Waals surface area contributed by atoms with Crippen LogP contribution >= 0.6 is 0 Å². The zero-order valence-corrected chi connectivity index (χ0v) is 18.1. The van der Waals surface area contributed by atoms with Crippen LogP contribution in [0, 0.1) is 0 Å². The summed E-state index contributed by atoms with van der Waals surface area (Å²) in [7, 11) is 1.27. The Hall–Kier alpha value is -3.68. The van der Waals surface area contributed by atoms with Crippen molar-refractivity contribution in [2.24, 2.45) is 0 Å². The number of aromatic nitrogens is 2. The van der Waals surface area contributed by atoms with Crippen molar-refractivity contribution in [3.05, 3.63) is 80.5 Å². The predicted molar refractivity (Wildman–Crippen MR) is 122 cm³/mol. The molecule has 0 fully saturated rings. The maximum atomic E-state index is 12.7. The van der Waals surface area contributed by atoms with Crippen LogP contribution in [0.2, 0.25) is 0 Å². The SMILES string of the molecule is COC(=O)c1ccc2c(=O)n(CCCCCC(=O)NCCc3ccccc3)c(=O)[nH]c2c1. The third kappa shape index (κ3) is 5.94. The summed E-state index contributed by atoms with van der Waals surface area (Å²) in [6, 6.07) is 14.4. The number of aromatic amines is 1. The number of H-pyrrole nitrogens is 1. The standard InChI is InChI=1S/C24H27N3O5/c1-32-23(30)18-11-12-19-20(16-18)26-24(31)27(22(19)29)15-7-3-6-10-21(28)25-14-13-17-8-4-2-5-9-17/h2,4-5,8-9,11-12,16H,3,6-7,10,13-15H2,1H3,(H,25,28)(H,26,31). The summed E-state index contributed by atoms with van der Waals surface area (Å²) in [6.07, 6.45) is 3.21. The lowest BCUT2D eigenvalue weighted by atomic mass is 10.1. The second kappa shape index (κ2) is 11.1. The predicted octanol–water partition coefficient (Wildman–Crippen LogP) is 2.40. The molecule has 0 aliphatic heterocycles. The molecule has 1 amide bonds. The van der Waals surface area contributed by atoms with E-state index in [4.69, 9.17) is 0 Å². The van der Waals surface area contributed by atoms with Crippen molar-refractivity contribution in [1.82, 2.24) is 14.9 Å². The maximum absolute atomic E-state index is 12.7. The maximum Gasteiger partial charge on any atom is 0.337 e. The van der Waals surface area contributed by atoms with Gasteiger partial charge in [0.15, 0.2) is 0 Å². The minimum atomic E-state index is -0.541. The number of unbranched alkanes of at least 4 members (excludes halogenated alkanes) is 2. The number of esters is 1. The molecule has 0 unspecified atom stereocenters. The highest BCUT2D eigenvalue weighted by Crippen LogP contribution is 2.10. The molecule has 168 valence electrons. The van der Waals surface area contributed by atoms with Gasteiger partial charge in [-0.3, -0.25) is 14.2 Å². The van der Waals surface area contributed by atoms with Crippen molar-refractivity contribution in [2.45, 2.75) is 38.6 Å². The summed E-state index contributed by atoms with van der Waals surface area (Å²) >= 11 is 0. The van der Waals surface area contributed by atoms with Gasteiger partial charge in [-0.15, -0.1) is 0 Å². The van der Waals surface area contributed by atoms with E-state index in [0.29, 0.717) is 36.7 Å². The molecule has 0 spiro atoms. The van der Waals surface area contributed by atoms with E-state index in [1.165, 1.54) is 30.9 Å². The van der Waals surface area contributed by atoms with Crippen molar-refractivity contribution < 1.29 is 14.3 Å². The van der Waals surface area contributed by atoms with Crippen molar-refractivity contribution in [3.8, 4) is 0 Å². The molecule has 3 rings (SSSR count). The highest BCUT2D eigenvalue weighted by molar-refractivity contribution is 5.93. The number of hydrogen-bond acceptors (Lipinski definition) is 5. The molecule has 2 aromatic carbocycles. The van der Waals surface area contributed by atoms with Gasteiger partial charge in [0.2, 0.25) is 5.91 Å². The van der Waals surface area contributed by atoms with Gasteiger partial charge in [0.05, 0.1) is 23.6 Å². The zero-order chi connectivity index (χ0) is 22.9. The van der Waals surface area contributed by atoms with Gasteiger partial charge in [0.25, 0.3) is 5.56 Å². The van der Waals surface area contributed by atoms with E-state index in [-0.39, 0.29) is 18.0 Å². The molecule has 0 atom stereocenters. The Morgan fingerprint density at radius 3 is 2.56 bits per heavy atom. The number of carbonyl (C=O) groups excluding carboxylic acids is 2. The zero-order valence-electron chi connectivity index (χ0n) is 18.1. The smallest absolute Gasteiger partial charge is 0.337 e. The lowest BCUT2D eigenvalue weighted by Gasteiger charge is -2.08. The van der Waals surface area contributed by atoms with Crippen molar-refractivity contribution in [1.29, 1.82) is 0 Å². The molecule has 0 aliphatic rings. The van der Waals surface area contributed by atoms with E-state index in [1.807, 2.05) is 30.3 Å². The Labute approximate surface area is 185 Å². The molecular weight excluding hydrogens is 410 g/mol. The monoisotopic (exact) mass is 437 g/mol. The number of amides is 1. The molecule has 0 saturated heterocycles. The normalized spacial score (nSPS) is 10.8. The lowest BCUT2D eigenvalue weighted by Crippen LogP contribution is -2.35. The third-order valence-electron chi connectivity index (χ3n) is 5.27. The minimum absolute atomic E-state index is 0.00283. The number of fused-ring (bicyclic) bond motifs is 1. The molecule has 0 radical (unpaired) electrons. The first-order chi connectivity index (χ1) is 15.5. The first-order valence-electron chi connectivity index (χ1n) is 10.7. The fraction of sp³-hybridized carbons (Fsp3) is 0.333. The topological polar surface area (TPSA) is 110 Å². The fourth-order valence-electron chi connectivity index (χ4n) is 3.51. The van der Waals surface area contributed by atoms with E-state index >= 15 is 0 Å². The van der Waals surface area contributed by atoms with Gasteiger partial charge in [0, 0.05) is 19.5 Å². The Balaban J connectivity index is 1.46. The van der Waals surface area contributed by atoms with Gasteiger partial charge in [-0.1, -0.05) is 36.8 Å². The van der Waals surface area contributed by atoms with Gasteiger partial charge in [-0.2, -0.15) is 0 Å². The summed E-state index contributed by atoms with van der Waals surface area (Å²) in [5, 5.41) is 3.24. The quantitative estimate of drug-likeness (QED) is 0.374. The van der Waals surface area contributed by atoms with Gasteiger partial charge >= 0.3 is 11.7 Å². The second-order valence-electron chi connectivity index (χ2n) is 7.54. The number of rotatable bonds is 10. The fourth-order valence-corrected chi connectivity index (χ4v) is 3.51. The van der Waals surface area contributed by atoms with Gasteiger partial charge in [-0.25, -0.2) is 9.59 Å². The highest BCUT2D eigenvalue weighted by Gasteiger charge is 2.11. The highest BCUT2D eigenvalue weighted by atomic mass is 16.5. The molecule has 8 heteroatoms. The largest absolute Gasteiger partial charge is 0.465 e. The second-order valence-corrected chi connectivity index (χ2v) is 7.54. The molecule has 0 saturated carbocycles. The van der Waals surface area contributed by atoms with Gasteiger partial charge in [-0.05, 0) is 43.0 Å². The van der Waals surface area contributed by atoms with Gasteiger partial charge in [0.1, 0.15) is 0 Å². The summed E-state index contributed by atoms with van der Waals surface area (Å²) in [4.78, 5) is 51.3. The molecule has 0 bridgehead atoms. The van der Waals surface area contributed by atoms with Crippen molar-refractivity contribution >= 4 is 22.8 Å². The molecule has 32 heavy (non-hydrogen) atoms. The summed E-state index contributed by atoms with van der Waals surface area (Å²) < 4.78 is 5.81. The number of hydrogen-bond donors (Lipinski definition) is 2. The van der Waals surface area contributed by atoms with Crippen LogP contribution in [0.1, 0.15) is 41.6 Å². The van der Waals surface area contributed by atoms with Crippen LogP contribution in [-0.2, 0) is 22.5 Å². The van der Waals surface area contributed by atoms with Gasteiger partial charge < -0.3 is 15.0 Å². The Kier molecular flexibility index (Phi) is 7.96. The molecule has 0 aliphatic carbocycles. The van der Waals surface area contributed by atoms with Crippen LogP contribution in [0.5, 0.6) is 0 Å². The van der Waals surface area contributed by atoms with E-state index in [2.05, 4.69) is 15.0 Å². The molecule has 1 heterocycles. The van der Waals surface area contributed by atoms with Crippen LogP contribution in [-0.4, -0.2) is 35.1 Å². The lowest BCUT2D eigenvalue weighted by molar-refractivity contribution is -0.121. The third-order valence-corrected chi connectivity index (χ3v) is 5.27. The minimum Gasteiger partial charge on any atom is -0.465 e.